The summed E-state index contributed by atoms with van der Waals surface area (Å²) < 4.78 is 0. The van der Waals surface area contributed by atoms with E-state index in [4.69, 9.17) is 0 Å². The SMILES string of the molecule is [GaH3].[GaH3].[GaH3].[GaH3].[GaH3].[Mn].[Mn].[Mn].[Mn].[Mn].[Mn].[Mn].[Mn]. The Balaban J connectivity index is 0. The van der Waals surface area contributed by atoms with Crippen LogP contribution in [-0.4, -0.2) is 99.0 Å². The summed E-state index contributed by atoms with van der Waals surface area (Å²) in [4.78, 5) is 0. The topological polar surface area (TPSA) is 0 Å². The first-order valence-corrected chi connectivity index (χ1v) is 0. The molecule has 0 saturated carbocycles. The zero-order chi connectivity index (χ0) is 0. The summed E-state index contributed by atoms with van der Waals surface area (Å²) in [7, 11) is 0. The van der Waals surface area contributed by atoms with Gasteiger partial charge in [-0.05, 0) is 0 Å². The standard InChI is InChI=1S/5Ga.8Mn.15H. The van der Waals surface area contributed by atoms with Crippen LogP contribution in [0.5, 0.6) is 0 Å². The van der Waals surface area contributed by atoms with Crippen LogP contribution in [0.1, 0.15) is 0 Å². The molecule has 0 aliphatic carbocycles. The van der Waals surface area contributed by atoms with Gasteiger partial charge in [-0.3, -0.25) is 0 Å². The Morgan fingerprint density at radius 2 is 0.154 bits per heavy atom. The third kappa shape index (κ3) is 108. The Hall–Kier alpha value is 7.34. The summed E-state index contributed by atoms with van der Waals surface area (Å²) in [6.07, 6.45) is 0. The van der Waals surface area contributed by atoms with E-state index in [2.05, 4.69) is 0 Å². The van der Waals surface area contributed by atoms with E-state index >= 15 is 0 Å². The molecule has 0 spiro atoms. The van der Waals surface area contributed by atoms with E-state index in [1.165, 1.54) is 0 Å². The van der Waals surface area contributed by atoms with Crippen LogP contribution in [0.15, 0.2) is 0 Å². The molecule has 0 amide bonds. The first-order chi connectivity index (χ1) is 0. The summed E-state index contributed by atoms with van der Waals surface area (Å²) in [6.45, 7) is 0. The second kappa shape index (κ2) is 121. The van der Waals surface area contributed by atoms with Crippen molar-refractivity contribution in [3.63, 3.8) is 0 Å². The van der Waals surface area contributed by atoms with Gasteiger partial charge in [-0.15, -0.1) is 0 Å². The molecule has 0 atom stereocenters. The molecule has 0 aromatic heterocycles. The van der Waals surface area contributed by atoms with Crippen LogP contribution in [0.25, 0.3) is 0 Å². The molecule has 0 bridgehead atoms. The average Bonchev–Trinajstić information content (AvgIpc) is 0. The fourth-order valence-corrected chi connectivity index (χ4v) is 0. The number of hydrogen-bond donors (Lipinski definition) is 0. The van der Waals surface area contributed by atoms with Crippen molar-refractivity contribution in [2.45, 2.75) is 0 Å². The van der Waals surface area contributed by atoms with Gasteiger partial charge in [-0.2, -0.15) is 0 Å². The Bertz CT molecular complexity index is 12.5. The largest absolute Gasteiger partial charge is 0 e. The van der Waals surface area contributed by atoms with Gasteiger partial charge in [0.2, 0.25) is 0 Å². The number of rotatable bonds is 0. The molecule has 86 valence electrons. The predicted molar refractivity (Wildman–Crippen MR) is 49.7 cm³/mol. The molecular weight excluding hydrogens is 788 g/mol. The maximum Gasteiger partial charge on any atom is 0 e. The normalized spacial score (nSPS) is 0. The van der Waals surface area contributed by atoms with E-state index in [9.17, 15) is 0 Å². The van der Waals surface area contributed by atoms with E-state index < -0.39 is 0 Å². The van der Waals surface area contributed by atoms with E-state index in [1.807, 2.05) is 0 Å². The van der Waals surface area contributed by atoms with Gasteiger partial charge < -0.3 is 0 Å². The minimum atomic E-state index is 0. The van der Waals surface area contributed by atoms with E-state index in [1.54, 1.807) is 0 Å². The minimum absolute atomic E-state index is 0. The molecule has 0 aromatic carbocycles. The zero-order valence-corrected chi connectivity index (χ0v) is 12.5. The Morgan fingerprint density at radius 3 is 0.154 bits per heavy atom. The molecule has 0 aromatic rings. The summed E-state index contributed by atoms with van der Waals surface area (Å²) >= 11 is 0. The van der Waals surface area contributed by atoms with E-state index in [-0.39, 0.29) is 236 Å². The van der Waals surface area contributed by atoms with Crippen molar-refractivity contribution in [1.82, 2.24) is 0 Å². The fourth-order valence-electron chi connectivity index (χ4n) is 0. The molecule has 0 heterocycles. The molecule has 0 nitrogen and oxygen atoms in total. The van der Waals surface area contributed by atoms with Gasteiger partial charge in [0.25, 0.3) is 0 Å². The third-order valence-electron chi connectivity index (χ3n) is 0. The molecule has 0 aliphatic heterocycles. The molecule has 8 radical (unpaired) electrons. The van der Waals surface area contributed by atoms with Gasteiger partial charge in [0.05, 0.1) is 0 Å². The predicted octanol–water partition coefficient (Wildman–Crippen LogP) is -5.94. The van der Waals surface area contributed by atoms with Crippen LogP contribution in [0.2, 0.25) is 0 Å². The average molecular weight is 803 g/mol. The number of hydrogen-bond acceptors (Lipinski definition) is 0. The molecule has 0 aliphatic rings. The van der Waals surface area contributed by atoms with Crippen LogP contribution in [-0.2, 0) is 137 Å². The van der Waals surface area contributed by atoms with Crippen LogP contribution in [0.4, 0.5) is 0 Å². The smallest absolute Gasteiger partial charge is 0 e. The van der Waals surface area contributed by atoms with Crippen molar-refractivity contribution in [3.05, 3.63) is 0 Å². The summed E-state index contributed by atoms with van der Waals surface area (Å²) in [5, 5.41) is 0. The second-order valence-corrected chi connectivity index (χ2v) is 0. The quantitative estimate of drug-likeness (QED) is 0.215. The molecular formula is H15Ga5Mn8. The Morgan fingerprint density at radius 1 is 0.154 bits per heavy atom. The molecule has 0 saturated heterocycles. The van der Waals surface area contributed by atoms with Gasteiger partial charge in [-0.25, -0.2) is 0 Å². The maximum absolute atomic E-state index is 0. The van der Waals surface area contributed by atoms with Gasteiger partial charge >= 0.3 is 99.0 Å². The van der Waals surface area contributed by atoms with Crippen molar-refractivity contribution in [2.24, 2.45) is 0 Å². The van der Waals surface area contributed by atoms with Crippen LogP contribution in [0, 0.1) is 0 Å². The first-order valence-electron chi connectivity index (χ1n) is 0. The third-order valence-corrected chi connectivity index (χ3v) is 0. The molecule has 13 heteroatoms. The molecule has 0 N–H and O–H groups in total. The van der Waals surface area contributed by atoms with Gasteiger partial charge in [0, 0.05) is 137 Å². The summed E-state index contributed by atoms with van der Waals surface area (Å²) in [5.74, 6) is 0. The van der Waals surface area contributed by atoms with Crippen LogP contribution < -0.4 is 0 Å². The van der Waals surface area contributed by atoms with E-state index in [0.717, 1.165) is 0 Å². The van der Waals surface area contributed by atoms with Crippen molar-refractivity contribution in [1.29, 1.82) is 0 Å². The monoisotopic (exact) mass is 799 g/mol. The zero-order valence-electron chi connectivity index (χ0n) is 3.02. The van der Waals surface area contributed by atoms with Crippen molar-refractivity contribution in [2.75, 3.05) is 0 Å². The van der Waals surface area contributed by atoms with Gasteiger partial charge in [0.1, 0.15) is 0 Å². The Kier molecular flexibility index (Phi) is 1310. The second-order valence-electron chi connectivity index (χ2n) is 0. The maximum atomic E-state index is 0. The molecule has 0 rings (SSSR count). The van der Waals surface area contributed by atoms with Crippen LogP contribution in [0.3, 0.4) is 0 Å². The first kappa shape index (κ1) is 141. The van der Waals surface area contributed by atoms with Crippen molar-refractivity contribution in [3.8, 4) is 0 Å². The van der Waals surface area contributed by atoms with Crippen molar-refractivity contribution < 1.29 is 137 Å². The van der Waals surface area contributed by atoms with Gasteiger partial charge in [-0.1, -0.05) is 0 Å². The Labute approximate surface area is 230 Å². The minimum Gasteiger partial charge on any atom is 0 e. The molecule has 0 unspecified atom stereocenters. The molecule has 13 heavy (non-hydrogen) atoms. The van der Waals surface area contributed by atoms with Gasteiger partial charge in [0.15, 0.2) is 0 Å². The van der Waals surface area contributed by atoms with Crippen LogP contribution >= 0.6 is 0 Å². The van der Waals surface area contributed by atoms with Crippen molar-refractivity contribution >= 4 is 99.0 Å². The van der Waals surface area contributed by atoms with E-state index in [0.29, 0.717) is 0 Å². The summed E-state index contributed by atoms with van der Waals surface area (Å²) in [5.41, 5.74) is 0. The summed E-state index contributed by atoms with van der Waals surface area (Å²) in [6, 6.07) is 0. The molecule has 0 fully saturated rings. The fraction of sp³-hybridized carbons (Fsp3) is 0.